The molecule has 2 aromatic rings. The molecular formula is C18H24N2O. The fourth-order valence-electron chi connectivity index (χ4n) is 2.38. The summed E-state index contributed by atoms with van der Waals surface area (Å²) in [4.78, 5) is 2.25. The minimum Gasteiger partial charge on any atom is -0.494 e. The minimum atomic E-state index is 0.00869. The fourth-order valence-corrected chi connectivity index (χ4v) is 2.38. The van der Waals surface area contributed by atoms with Crippen molar-refractivity contribution in [3.05, 3.63) is 65.7 Å². The number of hydrogen-bond donors (Lipinski definition) is 1. The topological polar surface area (TPSA) is 38.5 Å². The van der Waals surface area contributed by atoms with Gasteiger partial charge in [0.05, 0.1) is 6.61 Å². The summed E-state index contributed by atoms with van der Waals surface area (Å²) in [7, 11) is 2.10. The van der Waals surface area contributed by atoms with E-state index < -0.39 is 0 Å². The molecule has 0 radical (unpaired) electrons. The molecule has 2 rings (SSSR count). The Bertz CT molecular complexity index is 525. The first-order valence-corrected chi connectivity index (χ1v) is 7.40. The van der Waals surface area contributed by atoms with Crippen molar-refractivity contribution in [2.24, 2.45) is 5.73 Å². The molecule has 0 aliphatic heterocycles. The van der Waals surface area contributed by atoms with E-state index in [1.165, 1.54) is 5.56 Å². The van der Waals surface area contributed by atoms with Gasteiger partial charge in [-0.05, 0) is 37.2 Å². The van der Waals surface area contributed by atoms with Crippen molar-refractivity contribution >= 4 is 0 Å². The molecule has 21 heavy (non-hydrogen) atoms. The predicted octanol–water partition coefficient (Wildman–Crippen LogP) is 3.22. The van der Waals surface area contributed by atoms with E-state index >= 15 is 0 Å². The molecule has 0 heterocycles. The van der Waals surface area contributed by atoms with E-state index in [9.17, 15) is 0 Å². The Morgan fingerprint density at radius 2 is 1.71 bits per heavy atom. The Labute approximate surface area is 127 Å². The highest BCUT2D eigenvalue weighted by molar-refractivity contribution is 5.29. The molecule has 0 aliphatic carbocycles. The summed E-state index contributed by atoms with van der Waals surface area (Å²) in [5, 5.41) is 0. The Kier molecular flexibility index (Phi) is 5.78. The molecule has 0 aliphatic rings. The third-order valence-electron chi connectivity index (χ3n) is 3.42. The van der Waals surface area contributed by atoms with Crippen molar-refractivity contribution < 1.29 is 4.74 Å². The van der Waals surface area contributed by atoms with Gasteiger partial charge in [-0.15, -0.1) is 0 Å². The molecule has 112 valence electrons. The van der Waals surface area contributed by atoms with Crippen LogP contribution in [-0.4, -0.2) is 25.1 Å². The van der Waals surface area contributed by atoms with Crippen molar-refractivity contribution in [1.29, 1.82) is 0 Å². The van der Waals surface area contributed by atoms with Crippen molar-refractivity contribution in [1.82, 2.24) is 4.90 Å². The van der Waals surface area contributed by atoms with Crippen LogP contribution in [0.1, 0.15) is 24.1 Å². The summed E-state index contributed by atoms with van der Waals surface area (Å²) in [6.07, 6.45) is 0. The van der Waals surface area contributed by atoms with Gasteiger partial charge in [0.15, 0.2) is 0 Å². The van der Waals surface area contributed by atoms with Crippen LogP contribution in [0.4, 0.5) is 0 Å². The van der Waals surface area contributed by atoms with Gasteiger partial charge in [0, 0.05) is 19.1 Å². The van der Waals surface area contributed by atoms with Gasteiger partial charge < -0.3 is 15.4 Å². The lowest BCUT2D eigenvalue weighted by molar-refractivity contribution is 0.305. The number of likely N-dealkylation sites (N-methyl/N-ethyl adjacent to an activating group) is 1. The van der Waals surface area contributed by atoms with Crippen LogP contribution in [0.3, 0.4) is 0 Å². The Balaban J connectivity index is 1.89. The quantitative estimate of drug-likeness (QED) is 0.848. The van der Waals surface area contributed by atoms with E-state index in [4.69, 9.17) is 10.5 Å². The van der Waals surface area contributed by atoms with Crippen LogP contribution in [0.25, 0.3) is 0 Å². The number of benzene rings is 2. The van der Waals surface area contributed by atoms with E-state index in [1.807, 2.05) is 37.3 Å². The number of rotatable bonds is 7. The zero-order valence-electron chi connectivity index (χ0n) is 12.8. The molecule has 2 N–H and O–H groups in total. The molecule has 0 saturated heterocycles. The third-order valence-corrected chi connectivity index (χ3v) is 3.42. The number of hydrogen-bond acceptors (Lipinski definition) is 3. The SMILES string of the molecule is CCOc1ccc(C(N)CN(C)Cc2ccccc2)cc1. The molecule has 3 nitrogen and oxygen atoms in total. The smallest absolute Gasteiger partial charge is 0.119 e. The number of ether oxygens (including phenoxy) is 1. The summed E-state index contributed by atoms with van der Waals surface area (Å²) in [5.41, 5.74) is 8.73. The van der Waals surface area contributed by atoms with Gasteiger partial charge in [-0.1, -0.05) is 42.5 Å². The molecular weight excluding hydrogens is 260 g/mol. The van der Waals surface area contributed by atoms with E-state index in [0.717, 1.165) is 24.4 Å². The van der Waals surface area contributed by atoms with Gasteiger partial charge in [-0.25, -0.2) is 0 Å². The van der Waals surface area contributed by atoms with Crippen LogP contribution in [0.5, 0.6) is 5.75 Å². The van der Waals surface area contributed by atoms with Crippen LogP contribution in [0, 0.1) is 0 Å². The fraction of sp³-hybridized carbons (Fsp3) is 0.333. The molecule has 0 bridgehead atoms. The van der Waals surface area contributed by atoms with Gasteiger partial charge in [-0.3, -0.25) is 0 Å². The minimum absolute atomic E-state index is 0.00869. The lowest BCUT2D eigenvalue weighted by Crippen LogP contribution is -2.28. The first-order valence-electron chi connectivity index (χ1n) is 7.40. The molecule has 0 amide bonds. The second kappa shape index (κ2) is 7.81. The van der Waals surface area contributed by atoms with Crippen LogP contribution in [0.2, 0.25) is 0 Å². The van der Waals surface area contributed by atoms with Crippen LogP contribution >= 0.6 is 0 Å². The maximum absolute atomic E-state index is 6.29. The Morgan fingerprint density at radius 1 is 1.05 bits per heavy atom. The summed E-state index contributed by atoms with van der Waals surface area (Å²) >= 11 is 0. The van der Waals surface area contributed by atoms with E-state index in [-0.39, 0.29) is 6.04 Å². The van der Waals surface area contributed by atoms with Crippen LogP contribution < -0.4 is 10.5 Å². The van der Waals surface area contributed by atoms with Gasteiger partial charge in [0.1, 0.15) is 5.75 Å². The normalized spacial score (nSPS) is 12.4. The lowest BCUT2D eigenvalue weighted by atomic mass is 10.1. The van der Waals surface area contributed by atoms with Crippen molar-refractivity contribution in [2.75, 3.05) is 20.2 Å². The Morgan fingerprint density at radius 3 is 2.33 bits per heavy atom. The zero-order valence-corrected chi connectivity index (χ0v) is 12.8. The Hall–Kier alpha value is -1.84. The highest BCUT2D eigenvalue weighted by Crippen LogP contribution is 2.17. The first-order chi connectivity index (χ1) is 10.2. The number of nitrogens with two attached hydrogens (primary N) is 1. The maximum Gasteiger partial charge on any atom is 0.119 e. The summed E-state index contributed by atoms with van der Waals surface area (Å²) in [6.45, 7) is 4.40. The molecule has 1 unspecified atom stereocenters. The molecule has 0 fully saturated rings. The maximum atomic E-state index is 6.29. The highest BCUT2D eigenvalue weighted by Gasteiger charge is 2.10. The second-order valence-corrected chi connectivity index (χ2v) is 5.29. The number of nitrogens with zero attached hydrogens (tertiary/aromatic N) is 1. The molecule has 3 heteroatoms. The summed E-state index contributed by atoms with van der Waals surface area (Å²) < 4.78 is 5.45. The second-order valence-electron chi connectivity index (χ2n) is 5.29. The molecule has 0 aromatic heterocycles. The predicted molar refractivity (Wildman–Crippen MR) is 87.3 cm³/mol. The highest BCUT2D eigenvalue weighted by atomic mass is 16.5. The van der Waals surface area contributed by atoms with Crippen molar-refractivity contribution in [3.8, 4) is 5.75 Å². The molecule has 1 atom stereocenters. The monoisotopic (exact) mass is 284 g/mol. The van der Waals surface area contributed by atoms with Gasteiger partial charge in [0.2, 0.25) is 0 Å². The van der Waals surface area contributed by atoms with Gasteiger partial charge in [0.25, 0.3) is 0 Å². The van der Waals surface area contributed by atoms with Crippen LogP contribution in [0.15, 0.2) is 54.6 Å². The van der Waals surface area contributed by atoms with E-state index in [2.05, 4.69) is 36.2 Å². The van der Waals surface area contributed by atoms with Crippen molar-refractivity contribution in [3.63, 3.8) is 0 Å². The van der Waals surface area contributed by atoms with E-state index in [1.54, 1.807) is 0 Å². The lowest BCUT2D eigenvalue weighted by Gasteiger charge is -2.21. The molecule has 0 saturated carbocycles. The summed E-state index contributed by atoms with van der Waals surface area (Å²) in [5.74, 6) is 0.895. The average molecular weight is 284 g/mol. The van der Waals surface area contributed by atoms with Crippen LogP contribution in [-0.2, 0) is 6.54 Å². The van der Waals surface area contributed by atoms with Gasteiger partial charge in [-0.2, -0.15) is 0 Å². The molecule has 0 spiro atoms. The molecule has 2 aromatic carbocycles. The first kappa shape index (κ1) is 15.5. The third kappa shape index (κ3) is 4.88. The standard InChI is InChI=1S/C18H24N2O/c1-3-21-17-11-9-16(10-12-17)18(19)14-20(2)13-15-7-5-4-6-8-15/h4-12,18H,3,13-14,19H2,1-2H3. The van der Waals surface area contributed by atoms with E-state index in [0.29, 0.717) is 6.61 Å². The average Bonchev–Trinajstić information content (AvgIpc) is 2.49. The largest absolute Gasteiger partial charge is 0.494 e. The summed E-state index contributed by atoms with van der Waals surface area (Å²) in [6, 6.07) is 18.5. The van der Waals surface area contributed by atoms with Crippen molar-refractivity contribution in [2.45, 2.75) is 19.5 Å². The zero-order chi connectivity index (χ0) is 15.1. The van der Waals surface area contributed by atoms with Gasteiger partial charge >= 0.3 is 0 Å².